The molecule has 0 aromatic carbocycles. The number of carboxylic acids is 1. The fourth-order valence-corrected chi connectivity index (χ4v) is 1.74. The first-order chi connectivity index (χ1) is 5.51. The zero-order chi connectivity index (χ0) is 9.19. The summed E-state index contributed by atoms with van der Waals surface area (Å²) in [6.07, 6.45) is 2.93. The average Bonchev–Trinajstić information content (AvgIpc) is 2.10. The summed E-state index contributed by atoms with van der Waals surface area (Å²) in [5, 5.41) is 11.9. The highest BCUT2D eigenvalue weighted by molar-refractivity contribution is 5.73. The Kier molecular flexibility index (Phi) is 2.73. The molecule has 0 amide bonds. The summed E-state index contributed by atoms with van der Waals surface area (Å²) in [7, 11) is 0. The van der Waals surface area contributed by atoms with Crippen molar-refractivity contribution in [3.8, 4) is 0 Å². The van der Waals surface area contributed by atoms with Gasteiger partial charge in [0.25, 0.3) is 0 Å². The molecule has 0 bridgehead atoms. The quantitative estimate of drug-likeness (QED) is 0.624. The number of hydrogen-bond donors (Lipinski definition) is 2. The van der Waals surface area contributed by atoms with Gasteiger partial charge in [0.1, 0.15) is 6.04 Å². The van der Waals surface area contributed by atoms with Crippen molar-refractivity contribution in [2.75, 3.05) is 6.54 Å². The minimum atomic E-state index is -0.718. The number of hydrogen-bond acceptors (Lipinski definition) is 2. The second-order valence-corrected chi connectivity index (χ2v) is 4.32. The third kappa shape index (κ3) is 2.48. The van der Waals surface area contributed by atoms with E-state index < -0.39 is 5.97 Å². The van der Waals surface area contributed by atoms with Crippen LogP contribution in [0, 0.1) is 5.41 Å². The van der Waals surface area contributed by atoms with E-state index in [2.05, 4.69) is 19.2 Å². The van der Waals surface area contributed by atoms with Crippen molar-refractivity contribution in [2.45, 2.75) is 39.2 Å². The number of rotatable bonds is 1. The van der Waals surface area contributed by atoms with Crippen LogP contribution in [0.15, 0.2) is 0 Å². The topological polar surface area (TPSA) is 49.3 Å². The molecule has 1 saturated heterocycles. The lowest BCUT2D eigenvalue weighted by atomic mass is 9.83. The minimum absolute atomic E-state index is 0.173. The van der Waals surface area contributed by atoms with Crippen LogP contribution in [0.1, 0.15) is 33.1 Å². The molecular formula is C9H17NO2. The predicted octanol–water partition coefficient (Wildman–Crippen LogP) is 1.24. The fourth-order valence-electron chi connectivity index (χ4n) is 1.74. The van der Waals surface area contributed by atoms with Crippen molar-refractivity contribution in [3.05, 3.63) is 0 Å². The van der Waals surface area contributed by atoms with E-state index in [0.717, 1.165) is 25.8 Å². The monoisotopic (exact) mass is 171 g/mol. The van der Waals surface area contributed by atoms with Gasteiger partial charge in [-0.15, -0.1) is 0 Å². The molecule has 12 heavy (non-hydrogen) atoms. The summed E-state index contributed by atoms with van der Waals surface area (Å²) in [5.74, 6) is -0.718. The summed E-state index contributed by atoms with van der Waals surface area (Å²) in [6, 6.07) is -0.345. The Labute approximate surface area is 73.2 Å². The van der Waals surface area contributed by atoms with Crippen LogP contribution in [0.5, 0.6) is 0 Å². The molecule has 70 valence electrons. The zero-order valence-electron chi connectivity index (χ0n) is 7.76. The van der Waals surface area contributed by atoms with E-state index in [1.807, 2.05) is 0 Å². The van der Waals surface area contributed by atoms with Crippen molar-refractivity contribution in [2.24, 2.45) is 5.41 Å². The first kappa shape index (κ1) is 9.52. The van der Waals surface area contributed by atoms with Gasteiger partial charge in [0.15, 0.2) is 0 Å². The molecule has 1 aliphatic heterocycles. The lowest BCUT2D eigenvalue weighted by Gasteiger charge is -2.24. The van der Waals surface area contributed by atoms with Crippen molar-refractivity contribution >= 4 is 5.97 Å². The summed E-state index contributed by atoms with van der Waals surface area (Å²) in [6.45, 7) is 5.10. The molecular weight excluding hydrogens is 154 g/mol. The number of nitrogens with one attached hydrogen (secondary N) is 1. The maximum atomic E-state index is 10.7. The Morgan fingerprint density at radius 1 is 1.58 bits per heavy atom. The third-order valence-corrected chi connectivity index (χ3v) is 2.48. The second kappa shape index (κ2) is 3.44. The van der Waals surface area contributed by atoms with Gasteiger partial charge < -0.3 is 10.4 Å². The van der Waals surface area contributed by atoms with Gasteiger partial charge in [-0.05, 0) is 31.2 Å². The minimum Gasteiger partial charge on any atom is -0.480 e. The average molecular weight is 171 g/mol. The summed E-state index contributed by atoms with van der Waals surface area (Å²) in [5.41, 5.74) is 0.173. The van der Waals surface area contributed by atoms with Crippen LogP contribution in [-0.4, -0.2) is 23.7 Å². The molecule has 1 aliphatic rings. The van der Waals surface area contributed by atoms with Gasteiger partial charge in [-0.1, -0.05) is 13.8 Å². The largest absolute Gasteiger partial charge is 0.480 e. The lowest BCUT2D eigenvalue weighted by molar-refractivity contribution is -0.140. The molecule has 3 nitrogen and oxygen atoms in total. The van der Waals surface area contributed by atoms with Crippen LogP contribution in [-0.2, 0) is 4.79 Å². The summed E-state index contributed by atoms with van der Waals surface area (Å²) >= 11 is 0. The SMILES string of the molecule is CC1(C)CCCNC(C(=O)O)C1. The Balaban J connectivity index is 2.60. The maximum absolute atomic E-state index is 10.7. The molecule has 3 heteroatoms. The molecule has 0 aliphatic carbocycles. The molecule has 0 aromatic heterocycles. The van der Waals surface area contributed by atoms with Crippen molar-refractivity contribution in [1.29, 1.82) is 0 Å². The molecule has 2 N–H and O–H groups in total. The molecule has 1 unspecified atom stereocenters. The standard InChI is InChI=1S/C9H17NO2/c1-9(2)4-3-5-10-7(6-9)8(11)12/h7,10H,3-6H2,1-2H3,(H,11,12). The normalized spacial score (nSPS) is 29.3. The Hall–Kier alpha value is -0.570. The number of aliphatic carboxylic acids is 1. The Bertz CT molecular complexity index is 177. The van der Waals surface area contributed by atoms with E-state index in [4.69, 9.17) is 5.11 Å². The van der Waals surface area contributed by atoms with Gasteiger partial charge in [-0.2, -0.15) is 0 Å². The maximum Gasteiger partial charge on any atom is 0.320 e. The third-order valence-electron chi connectivity index (χ3n) is 2.48. The first-order valence-electron chi connectivity index (χ1n) is 4.47. The van der Waals surface area contributed by atoms with Crippen LogP contribution in [0.3, 0.4) is 0 Å². The summed E-state index contributed by atoms with van der Waals surface area (Å²) < 4.78 is 0. The molecule has 0 spiro atoms. The first-order valence-corrected chi connectivity index (χ1v) is 4.47. The lowest BCUT2D eigenvalue weighted by Crippen LogP contribution is -2.37. The van der Waals surface area contributed by atoms with E-state index in [1.165, 1.54) is 0 Å². The van der Waals surface area contributed by atoms with Crippen LogP contribution < -0.4 is 5.32 Å². The van der Waals surface area contributed by atoms with Gasteiger partial charge in [0.2, 0.25) is 0 Å². The van der Waals surface area contributed by atoms with Gasteiger partial charge in [-0.25, -0.2) is 0 Å². The Morgan fingerprint density at radius 2 is 2.25 bits per heavy atom. The molecule has 0 saturated carbocycles. The van der Waals surface area contributed by atoms with E-state index in [9.17, 15) is 4.79 Å². The van der Waals surface area contributed by atoms with Gasteiger partial charge in [-0.3, -0.25) is 4.79 Å². The van der Waals surface area contributed by atoms with Crippen LogP contribution >= 0.6 is 0 Å². The van der Waals surface area contributed by atoms with Gasteiger partial charge in [0.05, 0.1) is 0 Å². The van der Waals surface area contributed by atoms with E-state index in [1.54, 1.807) is 0 Å². The van der Waals surface area contributed by atoms with Crippen molar-refractivity contribution in [3.63, 3.8) is 0 Å². The zero-order valence-corrected chi connectivity index (χ0v) is 7.76. The van der Waals surface area contributed by atoms with Crippen LogP contribution in [0.25, 0.3) is 0 Å². The predicted molar refractivity (Wildman–Crippen MR) is 47.1 cm³/mol. The highest BCUT2D eigenvalue weighted by Gasteiger charge is 2.29. The summed E-state index contributed by atoms with van der Waals surface area (Å²) in [4.78, 5) is 10.7. The molecule has 1 heterocycles. The second-order valence-electron chi connectivity index (χ2n) is 4.32. The number of carboxylic acid groups (broad SMARTS) is 1. The van der Waals surface area contributed by atoms with E-state index in [0.29, 0.717) is 0 Å². The number of carbonyl (C=O) groups is 1. The van der Waals surface area contributed by atoms with Gasteiger partial charge >= 0.3 is 5.97 Å². The van der Waals surface area contributed by atoms with Crippen molar-refractivity contribution in [1.82, 2.24) is 5.32 Å². The Morgan fingerprint density at radius 3 is 2.83 bits per heavy atom. The molecule has 1 atom stereocenters. The molecule has 1 rings (SSSR count). The highest BCUT2D eigenvalue weighted by atomic mass is 16.4. The molecule has 0 aromatic rings. The van der Waals surface area contributed by atoms with Crippen LogP contribution in [0.4, 0.5) is 0 Å². The molecule has 0 radical (unpaired) electrons. The molecule has 1 fully saturated rings. The fraction of sp³-hybridized carbons (Fsp3) is 0.889. The van der Waals surface area contributed by atoms with Crippen LogP contribution in [0.2, 0.25) is 0 Å². The van der Waals surface area contributed by atoms with Gasteiger partial charge in [0, 0.05) is 0 Å². The van der Waals surface area contributed by atoms with E-state index in [-0.39, 0.29) is 11.5 Å². The van der Waals surface area contributed by atoms with E-state index >= 15 is 0 Å². The smallest absolute Gasteiger partial charge is 0.320 e. The highest BCUT2D eigenvalue weighted by Crippen LogP contribution is 2.30. The van der Waals surface area contributed by atoms with Crippen molar-refractivity contribution < 1.29 is 9.90 Å².